The third-order valence-corrected chi connectivity index (χ3v) is 6.01. The van der Waals surface area contributed by atoms with E-state index in [1.54, 1.807) is 12.3 Å². The second kappa shape index (κ2) is 7.49. The SMILES string of the molecule is CC(C)Cc1ccc2c(-c3cc(C(C)C)cc4c3oc3ccccc34)nccc2c1F. The molecule has 0 unspecified atom stereocenters. The van der Waals surface area contributed by atoms with Crippen LogP contribution in [-0.2, 0) is 6.42 Å². The van der Waals surface area contributed by atoms with E-state index < -0.39 is 0 Å². The standard InChI is InChI=1S/C28H26FNO/c1-16(2)13-18-9-10-22-21(26(18)29)11-12-30-27(22)24-15-19(17(3)4)14-23-20-7-5-6-8-25(20)31-28(23)24/h5-12,14-17H,13H2,1-4H3. The highest BCUT2D eigenvalue weighted by Gasteiger charge is 2.19. The van der Waals surface area contributed by atoms with Crippen molar-refractivity contribution >= 4 is 32.7 Å². The Morgan fingerprint density at radius 1 is 0.871 bits per heavy atom. The van der Waals surface area contributed by atoms with E-state index in [9.17, 15) is 0 Å². The number of pyridine rings is 1. The molecule has 2 nitrogen and oxygen atoms in total. The van der Waals surface area contributed by atoms with E-state index in [1.165, 1.54) is 5.56 Å². The number of furan rings is 1. The molecule has 0 spiro atoms. The van der Waals surface area contributed by atoms with Gasteiger partial charge in [0.2, 0.25) is 0 Å². The largest absolute Gasteiger partial charge is 0.455 e. The molecule has 0 radical (unpaired) electrons. The van der Waals surface area contributed by atoms with E-state index in [-0.39, 0.29) is 5.82 Å². The zero-order chi connectivity index (χ0) is 21.7. The molecule has 5 rings (SSSR count). The molecular weight excluding hydrogens is 385 g/mol. The first kappa shape index (κ1) is 19.7. The fourth-order valence-corrected chi connectivity index (χ4v) is 4.43. The Morgan fingerprint density at radius 3 is 2.45 bits per heavy atom. The maximum Gasteiger partial charge on any atom is 0.144 e. The van der Waals surface area contributed by atoms with Gasteiger partial charge in [-0.1, -0.05) is 58.0 Å². The van der Waals surface area contributed by atoms with Crippen molar-refractivity contribution in [3.63, 3.8) is 0 Å². The normalized spacial score (nSPS) is 12.1. The highest BCUT2D eigenvalue weighted by Crippen LogP contribution is 2.40. The third-order valence-electron chi connectivity index (χ3n) is 6.01. The second-order valence-corrected chi connectivity index (χ2v) is 9.09. The molecule has 2 aromatic heterocycles. The van der Waals surface area contributed by atoms with Gasteiger partial charge >= 0.3 is 0 Å². The maximum atomic E-state index is 15.4. The van der Waals surface area contributed by atoms with Gasteiger partial charge in [-0.15, -0.1) is 0 Å². The van der Waals surface area contributed by atoms with Gasteiger partial charge in [0.15, 0.2) is 0 Å². The molecule has 2 heterocycles. The molecule has 0 aliphatic carbocycles. The van der Waals surface area contributed by atoms with E-state index in [2.05, 4.69) is 45.9 Å². The molecule has 0 saturated carbocycles. The molecule has 0 atom stereocenters. The minimum absolute atomic E-state index is 0.143. The number of hydrogen-bond acceptors (Lipinski definition) is 2. The summed E-state index contributed by atoms with van der Waals surface area (Å²) in [7, 11) is 0. The van der Waals surface area contributed by atoms with Gasteiger partial charge in [-0.2, -0.15) is 0 Å². The van der Waals surface area contributed by atoms with Crippen molar-refractivity contribution in [1.82, 2.24) is 4.98 Å². The summed E-state index contributed by atoms with van der Waals surface area (Å²) < 4.78 is 21.7. The predicted octanol–water partition coefficient (Wildman–Crippen LogP) is 8.26. The van der Waals surface area contributed by atoms with Gasteiger partial charge in [-0.3, -0.25) is 4.98 Å². The molecule has 0 fully saturated rings. The molecule has 156 valence electrons. The number of para-hydroxylation sites is 1. The second-order valence-electron chi connectivity index (χ2n) is 9.09. The van der Waals surface area contributed by atoms with Gasteiger partial charge in [0.25, 0.3) is 0 Å². The van der Waals surface area contributed by atoms with E-state index in [4.69, 9.17) is 9.40 Å². The Balaban J connectivity index is 1.84. The molecule has 0 N–H and O–H groups in total. The van der Waals surface area contributed by atoms with Crippen molar-refractivity contribution in [3.8, 4) is 11.3 Å². The Labute approximate surface area is 181 Å². The van der Waals surface area contributed by atoms with Crippen LogP contribution in [0.1, 0.15) is 44.7 Å². The maximum absolute atomic E-state index is 15.4. The van der Waals surface area contributed by atoms with Gasteiger partial charge in [0.1, 0.15) is 17.0 Å². The number of hydrogen-bond donors (Lipinski definition) is 0. The predicted molar refractivity (Wildman–Crippen MR) is 127 cm³/mol. The lowest BCUT2D eigenvalue weighted by Gasteiger charge is -2.13. The highest BCUT2D eigenvalue weighted by atomic mass is 19.1. The zero-order valence-corrected chi connectivity index (χ0v) is 18.4. The minimum atomic E-state index is -0.143. The minimum Gasteiger partial charge on any atom is -0.455 e. The van der Waals surface area contributed by atoms with Crippen molar-refractivity contribution < 1.29 is 8.81 Å². The van der Waals surface area contributed by atoms with Crippen LogP contribution in [0.2, 0.25) is 0 Å². The van der Waals surface area contributed by atoms with Crippen molar-refractivity contribution in [2.45, 2.75) is 40.0 Å². The fourth-order valence-electron chi connectivity index (χ4n) is 4.43. The van der Waals surface area contributed by atoms with Crippen molar-refractivity contribution in [1.29, 1.82) is 0 Å². The lowest BCUT2D eigenvalue weighted by molar-refractivity contribution is 0.582. The lowest BCUT2D eigenvalue weighted by Crippen LogP contribution is -1.99. The van der Waals surface area contributed by atoms with Crippen molar-refractivity contribution in [3.05, 3.63) is 77.7 Å². The van der Waals surface area contributed by atoms with Crippen LogP contribution in [0, 0.1) is 11.7 Å². The van der Waals surface area contributed by atoms with Crippen LogP contribution in [0.5, 0.6) is 0 Å². The summed E-state index contributed by atoms with van der Waals surface area (Å²) in [6.45, 7) is 8.58. The Hall–Kier alpha value is -3.20. The van der Waals surface area contributed by atoms with Crippen LogP contribution in [-0.4, -0.2) is 4.98 Å². The molecule has 0 amide bonds. The van der Waals surface area contributed by atoms with Crippen molar-refractivity contribution in [2.24, 2.45) is 5.92 Å². The number of halogens is 1. The first-order chi connectivity index (χ1) is 14.9. The van der Waals surface area contributed by atoms with Crippen molar-refractivity contribution in [2.75, 3.05) is 0 Å². The average molecular weight is 412 g/mol. The quantitative estimate of drug-likeness (QED) is 0.297. The summed E-state index contributed by atoms with van der Waals surface area (Å²) in [4.78, 5) is 4.70. The monoisotopic (exact) mass is 411 g/mol. The molecule has 3 aromatic carbocycles. The Kier molecular flexibility index (Phi) is 4.77. The molecule has 0 aliphatic rings. The van der Waals surface area contributed by atoms with Crippen LogP contribution in [0.4, 0.5) is 4.39 Å². The number of nitrogens with zero attached hydrogens (tertiary/aromatic N) is 1. The van der Waals surface area contributed by atoms with Crippen LogP contribution in [0.15, 0.2) is 65.2 Å². The third kappa shape index (κ3) is 3.29. The number of benzene rings is 3. The summed E-state index contributed by atoms with van der Waals surface area (Å²) in [5, 5.41) is 3.59. The average Bonchev–Trinajstić information content (AvgIpc) is 3.13. The molecule has 3 heteroatoms. The van der Waals surface area contributed by atoms with Gasteiger partial charge in [-0.25, -0.2) is 4.39 Å². The zero-order valence-electron chi connectivity index (χ0n) is 18.4. The Bertz CT molecular complexity index is 1430. The van der Waals surface area contributed by atoms with E-state index in [1.807, 2.05) is 30.3 Å². The summed E-state index contributed by atoms with van der Waals surface area (Å²) in [6.07, 6.45) is 2.42. The topological polar surface area (TPSA) is 26.0 Å². The highest BCUT2D eigenvalue weighted by molar-refractivity contribution is 6.12. The molecule has 31 heavy (non-hydrogen) atoms. The number of aromatic nitrogens is 1. The van der Waals surface area contributed by atoms with Crippen LogP contribution in [0.3, 0.4) is 0 Å². The number of fused-ring (bicyclic) bond motifs is 4. The van der Waals surface area contributed by atoms with Gasteiger partial charge in [0, 0.05) is 33.3 Å². The van der Waals surface area contributed by atoms with Crippen LogP contribution >= 0.6 is 0 Å². The molecule has 0 bridgehead atoms. The molecule has 0 aliphatic heterocycles. The summed E-state index contributed by atoms with van der Waals surface area (Å²) >= 11 is 0. The van der Waals surface area contributed by atoms with E-state index >= 15 is 4.39 Å². The summed E-state index contributed by atoms with van der Waals surface area (Å²) in [6, 6.07) is 18.1. The van der Waals surface area contributed by atoms with Gasteiger partial charge in [-0.05, 0) is 53.6 Å². The van der Waals surface area contributed by atoms with E-state index in [0.29, 0.717) is 17.2 Å². The first-order valence-corrected chi connectivity index (χ1v) is 11.0. The molecule has 0 saturated heterocycles. The summed E-state index contributed by atoms with van der Waals surface area (Å²) in [5.41, 5.74) is 5.30. The smallest absolute Gasteiger partial charge is 0.144 e. The van der Waals surface area contributed by atoms with Crippen LogP contribution < -0.4 is 0 Å². The van der Waals surface area contributed by atoms with E-state index in [0.717, 1.165) is 50.6 Å². The molecule has 5 aromatic rings. The molecular formula is C28H26FNO. The number of rotatable bonds is 4. The fraction of sp³-hybridized carbons (Fsp3) is 0.250. The van der Waals surface area contributed by atoms with Gasteiger partial charge < -0.3 is 4.42 Å². The lowest BCUT2D eigenvalue weighted by atomic mass is 9.93. The van der Waals surface area contributed by atoms with Crippen LogP contribution in [0.25, 0.3) is 44.0 Å². The Morgan fingerprint density at radius 2 is 1.68 bits per heavy atom. The first-order valence-electron chi connectivity index (χ1n) is 11.0. The summed E-state index contributed by atoms with van der Waals surface area (Å²) in [5.74, 6) is 0.600. The van der Waals surface area contributed by atoms with Gasteiger partial charge in [0.05, 0.1) is 5.69 Å².